The highest BCUT2D eigenvalue weighted by Crippen LogP contribution is 2.20. The lowest BCUT2D eigenvalue weighted by Gasteiger charge is -2.22. The minimum atomic E-state index is -1.33. The third-order valence-electron chi connectivity index (χ3n) is 6.25. The second-order valence-corrected chi connectivity index (χ2v) is 8.93. The number of amides is 4. The number of rotatable bonds is 11. The quantitative estimate of drug-likeness (QED) is 0.152. The van der Waals surface area contributed by atoms with E-state index in [1.165, 1.54) is 0 Å². The van der Waals surface area contributed by atoms with Crippen LogP contribution in [0.3, 0.4) is 0 Å². The lowest BCUT2D eigenvalue weighted by molar-refractivity contribution is -0.133. The molecule has 10 N–H and O–H groups in total. The third-order valence-corrected chi connectivity index (χ3v) is 6.25. The molecule has 192 valence electrons. The molecule has 0 bridgehead atoms. The summed E-state index contributed by atoms with van der Waals surface area (Å²) < 4.78 is 0. The lowest BCUT2D eigenvalue weighted by Crippen LogP contribution is -2.56. The van der Waals surface area contributed by atoms with Gasteiger partial charge in [-0.15, -0.1) is 0 Å². The predicted molar refractivity (Wildman–Crippen MR) is 139 cm³/mol. The Labute approximate surface area is 212 Å². The fourth-order valence-electron chi connectivity index (χ4n) is 4.33. The molecule has 0 saturated heterocycles. The van der Waals surface area contributed by atoms with Crippen molar-refractivity contribution in [1.82, 2.24) is 20.6 Å². The van der Waals surface area contributed by atoms with E-state index in [-0.39, 0.29) is 12.8 Å². The Bertz CT molecular complexity index is 1460. The van der Waals surface area contributed by atoms with Gasteiger partial charge in [0.15, 0.2) is 0 Å². The van der Waals surface area contributed by atoms with Crippen molar-refractivity contribution >= 4 is 45.4 Å². The molecule has 0 unspecified atom stereocenters. The van der Waals surface area contributed by atoms with Crippen LogP contribution in [0.2, 0.25) is 0 Å². The molecule has 4 rings (SSSR count). The number of para-hydroxylation sites is 2. The van der Waals surface area contributed by atoms with Crippen molar-refractivity contribution < 1.29 is 19.2 Å². The zero-order chi connectivity index (χ0) is 26.5. The van der Waals surface area contributed by atoms with Crippen molar-refractivity contribution in [2.24, 2.45) is 17.2 Å². The van der Waals surface area contributed by atoms with Crippen LogP contribution in [0, 0.1) is 0 Å². The highest BCUT2D eigenvalue weighted by molar-refractivity contribution is 5.96. The molecule has 2 heterocycles. The van der Waals surface area contributed by atoms with Crippen molar-refractivity contribution in [3.05, 3.63) is 72.1 Å². The first-order valence-electron chi connectivity index (χ1n) is 11.8. The maximum Gasteiger partial charge on any atom is 0.243 e. The van der Waals surface area contributed by atoms with Crippen LogP contribution in [0.25, 0.3) is 21.8 Å². The van der Waals surface area contributed by atoms with E-state index in [2.05, 4.69) is 20.6 Å². The zero-order valence-electron chi connectivity index (χ0n) is 20.0. The molecule has 11 nitrogen and oxygen atoms in total. The average molecular weight is 504 g/mol. The average Bonchev–Trinajstić information content (AvgIpc) is 3.47. The Morgan fingerprint density at radius 2 is 1.24 bits per heavy atom. The second-order valence-electron chi connectivity index (χ2n) is 8.93. The van der Waals surface area contributed by atoms with Crippen LogP contribution < -0.4 is 27.8 Å². The maximum atomic E-state index is 13.0. The van der Waals surface area contributed by atoms with Crippen molar-refractivity contribution in [1.29, 1.82) is 0 Å². The largest absolute Gasteiger partial charge is 0.370 e. The zero-order valence-corrected chi connectivity index (χ0v) is 20.0. The molecule has 11 heteroatoms. The van der Waals surface area contributed by atoms with E-state index in [1.807, 2.05) is 48.5 Å². The number of hydrogen-bond donors (Lipinski definition) is 7. The van der Waals surface area contributed by atoms with E-state index in [4.69, 9.17) is 17.2 Å². The van der Waals surface area contributed by atoms with Crippen LogP contribution in [-0.2, 0) is 32.0 Å². The number of carbonyl (C=O) groups excluding carboxylic acids is 4. The molecule has 0 aliphatic heterocycles. The summed E-state index contributed by atoms with van der Waals surface area (Å²) in [4.78, 5) is 55.9. The Hall–Kier alpha value is -4.64. The normalized spacial score (nSPS) is 13.6. The minimum Gasteiger partial charge on any atom is -0.370 e. The van der Waals surface area contributed by atoms with E-state index < -0.39 is 48.2 Å². The fourth-order valence-corrected chi connectivity index (χ4v) is 4.33. The van der Waals surface area contributed by atoms with Crippen LogP contribution in [0.4, 0.5) is 0 Å². The fraction of sp³-hybridized carbons (Fsp3) is 0.231. The highest BCUT2D eigenvalue weighted by atomic mass is 16.2. The molecule has 0 spiro atoms. The maximum absolute atomic E-state index is 13.0. The van der Waals surface area contributed by atoms with Crippen LogP contribution in [0.1, 0.15) is 17.5 Å². The Morgan fingerprint density at radius 3 is 1.78 bits per heavy atom. The van der Waals surface area contributed by atoms with Crippen molar-refractivity contribution in [3.8, 4) is 0 Å². The van der Waals surface area contributed by atoms with Gasteiger partial charge >= 0.3 is 0 Å². The number of carbonyl (C=O) groups is 4. The number of hydrogen-bond acceptors (Lipinski definition) is 5. The van der Waals surface area contributed by atoms with Gasteiger partial charge in [-0.3, -0.25) is 19.2 Å². The molecule has 2 aromatic carbocycles. The number of fused-ring (bicyclic) bond motifs is 2. The summed E-state index contributed by atoms with van der Waals surface area (Å²) in [6.07, 6.45) is 3.34. The van der Waals surface area contributed by atoms with Crippen LogP contribution in [0.15, 0.2) is 60.9 Å². The van der Waals surface area contributed by atoms with Crippen molar-refractivity contribution in [3.63, 3.8) is 0 Å². The molecule has 2 aromatic heterocycles. The van der Waals surface area contributed by atoms with Gasteiger partial charge in [0, 0.05) is 40.6 Å². The summed E-state index contributed by atoms with van der Waals surface area (Å²) in [5.74, 6) is -2.98. The molecule has 0 fully saturated rings. The van der Waals surface area contributed by atoms with Crippen LogP contribution >= 0.6 is 0 Å². The van der Waals surface area contributed by atoms with Gasteiger partial charge in [0.1, 0.15) is 12.1 Å². The monoisotopic (exact) mass is 503 g/mol. The van der Waals surface area contributed by atoms with Gasteiger partial charge in [-0.1, -0.05) is 36.4 Å². The van der Waals surface area contributed by atoms with E-state index >= 15 is 0 Å². The second kappa shape index (κ2) is 11.0. The summed E-state index contributed by atoms with van der Waals surface area (Å²) in [5.41, 5.74) is 20.4. The topological polar surface area (TPSA) is 202 Å². The first kappa shape index (κ1) is 25.5. The van der Waals surface area contributed by atoms with E-state index in [0.29, 0.717) is 0 Å². The van der Waals surface area contributed by atoms with E-state index in [0.717, 1.165) is 32.9 Å². The molecule has 4 amide bonds. The van der Waals surface area contributed by atoms with Gasteiger partial charge in [-0.05, 0) is 29.7 Å². The summed E-state index contributed by atoms with van der Waals surface area (Å²) in [6, 6.07) is 11.7. The molecule has 0 radical (unpaired) electrons. The molecule has 3 atom stereocenters. The van der Waals surface area contributed by atoms with Crippen LogP contribution in [0.5, 0.6) is 0 Å². The van der Waals surface area contributed by atoms with Gasteiger partial charge in [0.05, 0.1) is 12.5 Å². The van der Waals surface area contributed by atoms with Gasteiger partial charge in [0.2, 0.25) is 23.6 Å². The summed E-state index contributed by atoms with van der Waals surface area (Å²) in [5, 5.41) is 6.85. The number of aromatic nitrogens is 2. The molecule has 4 aromatic rings. The Balaban J connectivity index is 1.44. The Kier molecular flexibility index (Phi) is 7.54. The SMILES string of the molecule is NC(=O)C[C@H](NC(=O)[C@@H](N)Cc1c[nH]c2ccccc12)C(=O)N[C@H](Cc1c[nH]c2ccccc12)C(N)=O. The molecule has 0 aliphatic rings. The van der Waals surface area contributed by atoms with E-state index in [9.17, 15) is 19.2 Å². The van der Waals surface area contributed by atoms with Gasteiger partial charge in [-0.2, -0.15) is 0 Å². The number of aromatic amines is 2. The number of benzene rings is 2. The number of H-pyrrole nitrogens is 2. The molecular weight excluding hydrogens is 474 g/mol. The third kappa shape index (κ3) is 5.96. The number of nitrogens with one attached hydrogen (secondary N) is 4. The van der Waals surface area contributed by atoms with Gasteiger partial charge < -0.3 is 37.8 Å². The number of nitrogens with two attached hydrogens (primary N) is 3. The van der Waals surface area contributed by atoms with Gasteiger partial charge in [-0.25, -0.2) is 0 Å². The first-order valence-corrected chi connectivity index (χ1v) is 11.8. The molecular formula is C26H29N7O4. The van der Waals surface area contributed by atoms with Crippen LogP contribution in [-0.4, -0.2) is 51.7 Å². The van der Waals surface area contributed by atoms with Gasteiger partial charge in [0.25, 0.3) is 0 Å². The predicted octanol–water partition coefficient (Wildman–Crippen LogP) is 0.0920. The highest BCUT2D eigenvalue weighted by Gasteiger charge is 2.29. The molecule has 37 heavy (non-hydrogen) atoms. The number of primary amides is 2. The molecule has 0 aliphatic carbocycles. The molecule has 0 saturated carbocycles. The summed E-state index contributed by atoms with van der Waals surface area (Å²) in [7, 11) is 0. The smallest absolute Gasteiger partial charge is 0.243 e. The Morgan fingerprint density at radius 1 is 0.730 bits per heavy atom. The van der Waals surface area contributed by atoms with Crippen molar-refractivity contribution in [2.45, 2.75) is 37.4 Å². The van der Waals surface area contributed by atoms with E-state index in [1.54, 1.807) is 12.4 Å². The first-order chi connectivity index (χ1) is 17.7. The standard InChI is InChI=1S/C26H29N7O4/c27-18(9-14-12-30-19-7-3-1-5-16(14)19)25(36)33-22(11-23(28)34)26(37)32-21(24(29)35)10-15-13-31-20-8-4-2-6-17(15)20/h1-8,12-13,18,21-22,30-31H,9-11,27H2,(H2,28,34)(H2,29,35)(H,32,37)(H,33,36)/t18-,21+,22-/m0/s1. The lowest BCUT2D eigenvalue weighted by atomic mass is 10.0. The summed E-state index contributed by atoms with van der Waals surface area (Å²) in [6.45, 7) is 0. The minimum absolute atomic E-state index is 0.113. The van der Waals surface area contributed by atoms with Crippen molar-refractivity contribution in [2.75, 3.05) is 0 Å². The summed E-state index contributed by atoms with van der Waals surface area (Å²) >= 11 is 0.